The van der Waals surface area contributed by atoms with Crippen molar-refractivity contribution in [2.75, 3.05) is 26.2 Å². The third kappa shape index (κ3) is 3.70. The summed E-state index contributed by atoms with van der Waals surface area (Å²) in [5, 5.41) is 9.16. The summed E-state index contributed by atoms with van der Waals surface area (Å²) < 4.78 is 6.67. The second-order valence-electron chi connectivity index (χ2n) is 5.19. The number of aliphatic carboxylic acids is 1. The van der Waals surface area contributed by atoms with Crippen molar-refractivity contribution in [3.63, 3.8) is 0 Å². The first-order valence-electron chi connectivity index (χ1n) is 6.34. The zero-order valence-electron chi connectivity index (χ0n) is 10.9. The molecule has 104 valence electrons. The Morgan fingerprint density at radius 1 is 1.47 bits per heavy atom. The third-order valence-electron chi connectivity index (χ3n) is 3.56. The maximum atomic E-state index is 11.1. The summed E-state index contributed by atoms with van der Waals surface area (Å²) in [5.74, 6) is 0.132. The fraction of sp³-hybridized carbons (Fsp3) is 0.500. The molecule has 0 bridgehead atoms. The maximum absolute atomic E-state index is 11.1. The Bertz CT molecular complexity index is 449. The Hall–Kier alpha value is -1.07. The maximum Gasteiger partial charge on any atom is 0.310 e. The van der Waals surface area contributed by atoms with Gasteiger partial charge in [0.25, 0.3) is 0 Å². The first-order chi connectivity index (χ1) is 8.99. The van der Waals surface area contributed by atoms with Gasteiger partial charge < -0.3 is 9.84 Å². The number of carboxylic acid groups (broad SMARTS) is 1. The van der Waals surface area contributed by atoms with Crippen molar-refractivity contribution < 1.29 is 14.6 Å². The number of benzene rings is 1. The Labute approximate surface area is 121 Å². The number of nitrogens with zero attached hydrogens (tertiary/aromatic N) is 1. The highest BCUT2D eigenvalue weighted by atomic mass is 79.9. The Kier molecular flexibility index (Phi) is 4.47. The molecule has 1 saturated heterocycles. The molecule has 0 saturated carbocycles. The molecule has 1 fully saturated rings. The normalized spacial score (nSPS) is 23.5. The van der Waals surface area contributed by atoms with E-state index in [4.69, 9.17) is 9.84 Å². The number of hydrogen-bond donors (Lipinski definition) is 1. The highest BCUT2D eigenvalue weighted by Crippen LogP contribution is 2.29. The van der Waals surface area contributed by atoms with Crippen LogP contribution in [0.2, 0.25) is 0 Å². The Balaban J connectivity index is 1.75. The Morgan fingerprint density at radius 2 is 2.16 bits per heavy atom. The van der Waals surface area contributed by atoms with Gasteiger partial charge in [-0.1, -0.05) is 15.9 Å². The summed E-state index contributed by atoms with van der Waals surface area (Å²) in [5.41, 5.74) is -0.600. The van der Waals surface area contributed by atoms with Crippen LogP contribution in [0.4, 0.5) is 0 Å². The molecule has 1 aliphatic rings. The number of hydrogen-bond acceptors (Lipinski definition) is 3. The first-order valence-corrected chi connectivity index (χ1v) is 7.13. The minimum absolute atomic E-state index is 0.581. The lowest BCUT2D eigenvalue weighted by Gasteiger charge is -2.20. The van der Waals surface area contributed by atoms with Crippen molar-refractivity contribution in [3.8, 4) is 5.75 Å². The first kappa shape index (κ1) is 14.3. The SMILES string of the molecule is CC1(C(=O)O)CCN(CCOc2ccc(Br)cc2)C1. The van der Waals surface area contributed by atoms with E-state index in [1.807, 2.05) is 31.2 Å². The van der Waals surface area contributed by atoms with Crippen LogP contribution in [-0.4, -0.2) is 42.2 Å². The van der Waals surface area contributed by atoms with Crippen LogP contribution in [0, 0.1) is 5.41 Å². The van der Waals surface area contributed by atoms with E-state index >= 15 is 0 Å². The van der Waals surface area contributed by atoms with Crippen LogP contribution in [0.3, 0.4) is 0 Å². The van der Waals surface area contributed by atoms with E-state index in [0.29, 0.717) is 19.6 Å². The summed E-state index contributed by atoms with van der Waals surface area (Å²) in [6.45, 7) is 4.58. The van der Waals surface area contributed by atoms with Gasteiger partial charge in [0.05, 0.1) is 5.41 Å². The van der Waals surface area contributed by atoms with Crippen molar-refractivity contribution >= 4 is 21.9 Å². The molecule has 5 heteroatoms. The smallest absolute Gasteiger partial charge is 0.310 e. The molecule has 1 aromatic rings. The van der Waals surface area contributed by atoms with Gasteiger partial charge in [-0.05, 0) is 44.2 Å². The lowest BCUT2D eigenvalue weighted by molar-refractivity contribution is -0.147. The average Bonchev–Trinajstić information content (AvgIpc) is 2.75. The van der Waals surface area contributed by atoms with Gasteiger partial charge in [-0.15, -0.1) is 0 Å². The molecule has 0 amide bonds. The minimum atomic E-state index is -0.705. The standard InChI is InChI=1S/C14H18BrNO3/c1-14(13(17)18)6-7-16(10-14)8-9-19-12-4-2-11(15)3-5-12/h2-5H,6-10H2,1H3,(H,17,18). The molecule has 0 aromatic heterocycles. The summed E-state index contributed by atoms with van der Waals surface area (Å²) >= 11 is 3.37. The van der Waals surface area contributed by atoms with Gasteiger partial charge in [0.1, 0.15) is 12.4 Å². The van der Waals surface area contributed by atoms with Gasteiger partial charge in [0, 0.05) is 17.6 Å². The van der Waals surface area contributed by atoms with Crippen LogP contribution in [0.5, 0.6) is 5.75 Å². The molecule has 2 rings (SSSR count). The van der Waals surface area contributed by atoms with E-state index in [-0.39, 0.29) is 0 Å². The van der Waals surface area contributed by atoms with Crippen LogP contribution >= 0.6 is 15.9 Å². The topological polar surface area (TPSA) is 49.8 Å². The lowest BCUT2D eigenvalue weighted by atomic mass is 9.90. The quantitative estimate of drug-likeness (QED) is 0.903. The molecule has 0 spiro atoms. The molecule has 19 heavy (non-hydrogen) atoms. The van der Waals surface area contributed by atoms with E-state index < -0.39 is 11.4 Å². The molecule has 1 unspecified atom stereocenters. The molecule has 0 aliphatic carbocycles. The van der Waals surface area contributed by atoms with Crippen LogP contribution < -0.4 is 4.74 Å². The number of carbonyl (C=O) groups is 1. The third-order valence-corrected chi connectivity index (χ3v) is 4.09. The van der Waals surface area contributed by atoms with Gasteiger partial charge in [0.2, 0.25) is 0 Å². The molecule has 1 heterocycles. The van der Waals surface area contributed by atoms with Crippen molar-refractivity contribution in [3.05, 3.63) is 28.7 Å². The van der Waals surface area contributed by atoms with Gasteiger partial charge in [-0.2, -0.15) is 0 Å². The predicted molar refractivity (Wildman–Crippen MR) is 76.4 cm³/mol. The molecular weight excluding hydrogens is 310 g/mol. The molecule has 0 radical (unpaired) electrons. The summed E-state index contributed by atoms with van der Waals surface area (Å²) in [6.07, 6.45) is 0.709. The minimum Gasteiger partial charge on any atom is -0.492 e. The number of carboxylic acids is 1. The second kappa shape index (κ2) is 5.92. The van der Waals surface area contributed by atoms with Crippen molar-refractivity contribution in [2.45, 2.75) is 13.3 Å². The van der Waals surface area contributed by atoms with E-state index in [1.165, 1.54) is 0 Å². The number of ether oxygens (including phenoxy) is 1. The molecule has 1 aliphatic heterocycles. The fourth-order valence-electron chi connectivity index (χ4n) is 2.25. The summed E-state index contributed by atoms with van der Waals surface area (Å²) in [7, 11) is 0. The zero-order valence-corrected chi connectivity index (χ0v) is 12.5. The average molecular weight is 328 g/mol. The Morgan fingerprint density at radius 3 is 2.74 bits per heavy atom. The molecule has 1 atom stereocenters. The van der Waals surface area contributed by atoms with Crippen molar-refractivity contribution in [1.29, 1.82) is 0 Å². The number of likely N-dealkylation sites (tertiary alicyclic amines) is 1. The molecule has 4 nitrogen and oxygen atoms in total. The predicted octanol–water partition coefficient (Wildman–Crippen LogP) is 2.62. The summed E-state index contributed by atoms with van der Waals surface area (Å²) in [6, 6.07) is 7.70. The summed E-state index contributed by atoms with van der Waals surface area (Å²) in [4.78, 5) is 13.3. The zero-order chi connectivity index (χ0) is 13.9. The van der Waals surface area contributed by atoms with Gasteiger partial charge in [0.15, 0.2) is 0 Å². The molecular formula is C14H18BrNO3. The van der Waals surface area contributed by atoms with Crippen LogP contribution in [0.15, 0.2) is 28.7 Å². The van der Waals surface area contributed by atoms with Gasteiger partial charge >= 0.3 is 5.97 Å². The molecule has 1 aromatic carbocycles. The fourth-order valence-corrected chi connectivity index (χ4v) is 2.51. The highest BCUT2D eigenvalue weighted by molar-refractivity contribution is 9.10. The van der Waals surface area contributed by atoms with Crippen molar-refractivity contribution in [1.82, 2.24) is 4.90 Å². The van der Waals surface area contributed by atoms with Crippen molar-refractivity contribution in [2.24, 2.45) is 5.41 Å². The second-order valence-corrected chi connectivity index (χ2v) is 6.11. The van der Waals surface area contributed by atoms with Crippen LogP contribution in [-0.2, 0) is 4.79 Å². The van der Waals surface area contributed by atoms with E-state index in [2.05, 4.69) is 20.8 Å². The van der Waals surface area contributed by atoms with Gasteiger partial charge in [-0.25, -0.2) is 0 Å². The lowest BCUT2D eigenvalue weighted by Crippen LogP contribution is -2.33. The largest absolute Gasteiger partial charge is 0.492 e. The molecule has 1 N–H and O–H groups in total. The number of rotatable bonds is 5. The van der Waals surface area contributed by atoms with E-state index in [0.717, 1.165) is 23.3 Å². The van der Waals surface area contributed by atoms with E-state index in [1.54, 1.807) is 0 Å². The van der Waals surface area contributed by atoms with Crippen LogP contribution in [0.25, 0.3) is 0 Å². The monoisotopic (exact) mass is 327 g/mol. The van der Waals surface area contributed by atoms with Gasteiger partial charge in [-0.3, -0.25) is 9.69 Å². The highest BCUT2D eigenvalue weighted by Gasteiger charge is 2.40. The van der Waals surface area contributed by atoms with Crippen LogP contribution in [0.1, 0.15) is 13.3 Å². The number of halogens is 1. The van der Waals surface area contributed by atoms with E-state index in [9.17, 15) is 4.79 Å².